The molecule has 7 nitrogen and oxygen atoms in total. The molecule has 36 heavy (non-hydrogen) atoms. The summed E-state index contributed by atoms with van der Waals surface area (Å²) in [4.78, 5) is 12.9. The first-order valence-corrected chi connectivity index (χ1v) is 11.7. The molecule has 0 bridgehead atoms. The van der Waals surface area contributed by atoms with E-state index in [0.29, 0.717) is 12.4 Å². The Kier molecular flexibility index (Phi) is 12.3. The Balaban J connectivity index is 2.02. The van der Waals surface area contributed by atoms with Gasteiger partial charge >= 0.3 is 0 Å². The topological polar surface area (TPSA) is 83.5 Å². The number of phenolic OH excluding ortho intramolecular Hbond substituents is 1. The van der Waals surface area contributed by atoms with Gasteiger partial charge in [0.05, 0.1) is 0 Å². The zero-order valence-corrected chi connectivity index (χ0v) is 21.7. The fourth-order valence-electron chi connectivity index (χ4n) is 3.17. The summed E-state index contributed by atoms with van der Waals surface area (Å²) in [6.07, 6.45) is 9.41. The van der Waals surface area contributed by atoms with Gasteiger partial charge in [-0.3, -0.25) is 4.79 Å². The molecule has 0 aromatic heterocycles. The fraction of sp³-hybridized carbons (Fsp3) is 0.345. The third-order valence-electron chi connectivity index (χ3n) is 5.06. The molecule has 0 heterocycles. The number of methoxy groups -OCH3 is 2. The number of ether oxygens (including phenoxy) is 5. The maximum absolute atomic E-state index is 12.9. The van der Waals surface area contributed by atoms with E-state index in [4.69, 9.17) is 23.7 Å². The predicted molar refractivity (Wildman–Crippen MR) is 141 cm³/mol. The molecule has 2 rings (SSSR count). The highest BCUT2D eigenvalue weighted by atomic mass is 16.7. The average molecular weight is 497 g/mol. The van der Waals surface area contributed by atoms with E-state index in [9.17, 15) is 9.90 Å². The van der Waals surface area contributed by atoms with Gasteiger partial charge in [-0.25, -0.2) is 0 Å². The molecule has 0 saturated heterocycles. The summed E-state index contributed by atoms with van der Waals surface area (Å²) < 4.78 is 26.4. The van der Waals surface area contributed by atoms with Gasteiger partial charge in [-0.05, 0) is 63.5 Å². The van der Waals surface area contributed by atoms with E-state index in [1.165, 1.54) is 43.6 Å². The van der Waals surface area contributed by atoms with Gasteiger partial charge in [0.25, 0.3) is 0 Å². The maximum Gasteiger partial charge on any atom is 0.193 e. The molecule has 0 aliphatic rings. The van der Waals surface area contributed by atoms with E-state index in [0.717, 1.165) is 24.2 Å². The summed E-state index contributed by atoms with van der Waals surface area (Å²) in [5.41, 5.74) is 3.45. The molecule has 2 aromatic carbocycles. The third-order valence-corrected chi connectivity index (χ3v) is 5.06. The molecule has 0 spiro atoms. The number of rotatable bonds is 15. The van der Waals surface area contributed by atoms with Crippen molar-refractivity contribution in [3.8, 4) is 23.0 Å². The smallest absolute Gasteiger partial charge is 0.193 e. The van der Waals surface area contributed by atoms with Crippen molar-refractivity contribution in [1.82, 2.24) is 0 Å². The van der Waals surface area contributed by atoms with Crippen LogP contribution >= 0.6 is 0 Å². The normalized spacial score (nSPS) is 11.4. The van der Waals surface area contributed by atoms with E-state index in [1.54, 1.807) is 6.08 Å². The first kappa shape index (κ1) is 28.7. The second-order valence-electron chi connectivity index (χ2n) is 8.37. The van der Waals surface area contributed by atoms with Gasteiger partial charge in [-0.2, -0.15) is 0 Å². The van der Waals surface area contributed by atoms with Crippen molar-refractivity contribution in [3.63, 3.8) is 0 Å². The molecule has 0 aliphatic carbocycles. The Hall–Kier alpha value is -3.55. The number of benzene rings is 2. The van der Waals surface area contributed by atoms with E-state index >= 15 is 0 Å². The summed E-state index contributed by atoms with van der Waals surface area (Å²) in [6.45, 7) is 6.71. The molecule has 0 aliphatic heterocycles. The Morgan fingerprint density at radius 1 is 0.889 bits per heavy atom. The molecule has 194 valence electrons. The summed E-state index contributed by atoms with van der Waals surface area (Å²) in [5.74, 6) is 0.495. The lowest BCUT2D eigenvalue weighted by molar-refractivity contribution is 0.0453. The summed E-state index contributed by atoms with van der Waals surface area (Å²) in [6, 6.07) is 10.3. The van der Waals surface area contributed by atoms with Gasteiger partial charge in [0.1, 0.15) is 35.2 Å². The SMILES string of the molecule is COCOc1cc(O)c(C(=O)/C=C/c2ccc(OC/C=C(\C)CCC=C(C)C)cc2)c(OCOC)c1. The molecule has 0 saturated carbocycles. The molecular weight excluding hydrogens is 460 g/mol. The highest BCUT2D eigenvalue weighted by Crippen LogP contribution is 2.34. The number of hydrogen-bond acceptors (Lipinski definition) is 7. The lowest BCUT2D eigenvalue weighted by Gasteiger charge is -2.13. The van der Waals surface area contributed by atoms with Crippen molar-refractivity contribution in [2.75, 3.05) is 34.4 Å². The number of phenols is 1. The van der Waals surface area contributed by atoms with Crippen LogP contribution in [0.1, 0.15) is 49.5 Å². The van der Waals surface area contributed by atoms with Gasteiger partial charge in [0.15, 0.2) is 19.4 Å². The Morgan fingerprint density at radius 3 is 2.25 bits per heavy atom. The van der Waals surface area contributed by atoms with Gasteiger partial charge in [-0.1, -0.05) is 35.4 Å². The predicted octanol–water partition coefficient (Wildman–Crippen LogP) is 6.33. The molecular formula is C29H36O7. The maximum atomic E-state index is 12.9. The van der Waals surface area contributed by atoms with Gasteiger partial charge < -0.3 is 28.8 Å². The van der Waals surface area contributed by atoms with Crippen molar-refractivity contribution < 1.29 is 33.6 Å². The van der Waals surface area contributed by atoms with E-state index in [-0.39, 0.29) is 30.6 Å². The van der Waals surface area contributed by atoms with Gasteiger partial charge in [0.2, 0.25) is 0 Å². The summed E-state index contributed by atoms with van der Waals surface area (Å²) >= 11 is 0. The van der Waals surface area contributed by atoms with Crippen molar-refractivity contribution in [2.45, 2.75) is 33.6 Å². The molecule has 0 amide bonds. The first-order chi connectivity index (χ1) is 17.3. The van der Waals surface area contributed by atoms with Crippen LogP contribution in [0, 0.1) is 0 Å². The monoisotopic (exact) mass is 496 g/mol. The molecule has 0 atom stereocenters. The first-order valence-electron chi connectivity index (χ1n) is 11.7. The Labute approximate surface area is 213 Å². The molecule has 2 aromatic rings. The number of carbonyl (C=O) groups excluding carboxylic acids is 1. The van der Waals surface area contributed by atoms with Crippen molar-refractivity contribution in [2.24, 2.45) is 0 Å². The fourth-order valence-corrected chi connectivity index (χ4v) is 3.17. The van der Waals surface area contributed by atoms with Crippen molar-refractivity contribution in [3.05, 3.63) is 76.9 Å². The number of ketones is 1. The average Bonchev–Trinajstić information content (AvgIpc) is 2.85. The van der Waals surface area contributed by atoms with Gasteiger partial charge in [-0.15, -0.1) is 0 Å². The zero-order chi connectivity index (χ0) is 26.3. The molecule has 1 N–H and O–H groups in total. The van der Waals surface area contributed by atoms with Crippen LogP contribution in [-0.2, 0) is 9.47 Å². The molecule has 0 fully saturated rings. The standard InChI is InChI=1S/C29H36O7/c1-21(2)7-6-8-22(3)15-16-34-24-12-9-23(10-13-24)11-14-26(30)29-27(31)17-25(35-19-32-4)18-28(29)36-20-33-5/h7,9-15,17-18,31H,6,8,16,19-20H2,1-5H3/b14-11+,22-15+. The minimum Gasteiger partial charge on any atom is -0.507 e. The number of allylic oxidation sites excluding steroid dienone is 4. The third kappa shape index (κ3) is 9.98. The van der Waals surface area contributed by atoms with Gasteiger partial charge in [0, 0.05) is 26.4 Å². The minimum absolute atomic E-state index is 0.0117. The lowest BCUT2D eigenvalue weighted by atomic mass is 10.1. The van der Waals surface area contributed by atoms with Crippen LogP contribution in [0.15, 0.2) is 65.8 Å². The van der Waals surface area contributed by atoms with Crippen LogP contribution in [0.4, 0.5) is 0 Å². The van der Waals surface area contributed by atoms with Crippen LogP contribution in [0.5, 0.6) is 23.0 Å². The van der Waals surface area contributed by atoms with Crippen molar-refractivity contribution >= 4 is 11.9 Å². The molecule has 0 unspecified atom stereocenters. The second-order valence-corrected chi connectivity index (χ2v) is 8.37. The molecule has 0 radical (unpaired) electrons. The van der Waals surface area contributed by atoms with E-state index < -0.39 is 5.78 Å². The summed E-state index contributed by atoms with van der Waals surface area (Å²) in [5, 5.41) is 10.4. The number of carbonyl (C=O) groups is 1. The van der Waals surface area contributed by atoms with E-state index in [2.05, 4.69) is 32.9 Å². The zero-order valence-electron chi connectivity index (χ0n) is 21.7. The number of aromatic hydroxyl groups is 1. The lowest BCUT2D eigenvalue weighted by Crippen LogP contribution is -2.06. The quantitative estimate of drug-likeness (QED) is 0.134. The van der Waals surface area contributed by atoms with Crippen molar-refractivity contribution in [1.29, 1.82) is 0 Å². The minimum atomic E-state index is -0.425. The summed E-state index contributed by atoms with van der Waals surface area (Å²) in [7, 11) is 2.94. The Bertz CT molecular complexity index is 1060. The second kappa shape index (κ2) is 15.4. The Morgan fingerprint density at radius 2 is 1.58 bits per heavy atom. The highest BCUT2D eigenvalue weighted by Gasteiger charge is 2.18. The van der Waals surface area contributed by atoms with Crippen LogP contribution in [0.3, 0.4) is 0 Å². The number of hydrogen-bond donors (Lipinski definition) is 1. The van der Waals surface area contributed by atoms with Crippen LogP contribution in [-0.4, -0.2) is 45.3 Å². The van der Waals surface area contributed by atoms with Crippen LogP contribution < -0.4 is 14.2 Å². The molecule has 7 heteroatoms. The van der Waals surface area contributed by atoms with E-state index in [1.807, 2.05) is 24.3 Å². The van der Waals surface area contributed by atoms with Crippen LogP contribution in [0.25, 0.3) is 6.08 Å². The highest BCUT2D eigenvalue weighted by molar-refractivity contribution is 6.10. The largest absolute Gasteiger partial charge is 0.507 e. The van der Waals surface area contributed by atoms with Crippen LogP contribution in [0.2, 0.25) is 0 Å².